The number of benzene rings is 1. The SMILES string of the molecule is CCN1CCN(c2ccc(C(=O)N[C@@H](C)C(=O)O)cc2F)CC1. The number of carbonyl (C=O) groups excluding carboxylic acids is 1. The van der Waals surface area contributed by atoms with E-state index in [1.54, 1.807) is 6.07 Å². The molecular weight excluding hydrogens is 301 g/mol. The monoisotopic (exact) mass is 323 g/mol. The molecule has 0 spiro atoms. The Morgan fingerprint density at radius 3 is 2.48 bits per heavy atom. The summed E-state index contributed by atoms with van der Waals surface area (Å²) in [6, 6.07) is 3.24. The largest absolute Gasteiger partial charge is 0.480 e. The molecule has 1 fully saturated rings. The molecule has 1 aromatic carbocycles. The smallest absolute Gasteiger partial charge is 0.325 e. The molecular formula is C16H22FN3O3. The van der Waals surface area contributed by atoms with Gasteiger partial charge in [0.15, 0.2) is 0 Å². The zero-order valence-electron chi connectivity index (χ0n) is 13.4. The number of hydrogen-bond acceptors (Lipinski definition) is 4. The first kappa shape index (κ1) is 17.2. The first-order valence-corrected chi connectivity index (χ1v) is 7.73. The summed E-state index contributed by atoms with van der Waals surface area (Å²) in [6.07, 6.45) is 0. The first-order chi connectivity index (χ1) is 10.9. The fourth-order valence-corrected chi connectivity index (χ4v) is 2.55. The van der Waals surface area contributed by atoms with Crippen LogP contribution in [-0.4, -0.2) is 60.6 Å². The quantitative estimate of drug-likeness (QED) is 0.851. The molecule has 1 aromatic rings. The average molecular weight is 323 g/mol. The Balaban J connectivity index is 2.06. The number of rotatable bonds is 5. The van der Waals surface area contributed by atoms with Crippen LogP contribution in [0.3, 0.4) is 0 Å². The number of carbonyl (C=O) groups is 2. The van der Waals surface area contributed by atoms with E-state index in [-0.39, 0.29) is 5.56 Å². The van der Waals surface area contributed by atoms with Crippen molar-refractivity contribution in [2.45, 2.75) is 19.9 Å². The van der Waals surface area contributed by atoms with Crippen LogP contribution in [0.1, 0.15) is 24.2 Å². The van der Waals surface area contributed by atoms with Crippen molar-refractivity contribution in [3.63, 3.8) is 0 Å². The first-order valence-electron chi connectivity index (χ1n) is 7.73. The molecule has 1 aliphatic heterocycles. The molecule has 1 saturated heterocycles. The molecule has 0 bridgehead atoms. The van der Waals surface area contributed by atoms with Crippen molar-refractivity contribution in [3.05, 3.63) is 29.6 Å². The highest BCUT2D eigenvalue weighted by molar-refractivity contribution is 5.96. The van der Waals surface area contributed by atoms with Gasteiger partial charge in [-0.15, -0.1) is 0 Å². The Bertz CT molecular complexity index is 586. The van der Waals surface area contributed by atoms with Gasteiger partial charge in [-0.05, 0) is 31.7 Å². The predicted octanol–water partition coefficient (Wildman–Crippen LogP) is 1.17. The van der Waals surface area contributed by atoms with Gasteiger partial charge in [-0.1, -0.05) is 6.92 Å². The van der Waals surface area contributed by atoms with Crippen LogP contribution in [0, 0.1) is 5.82 Å². The summed E-state index contributed by atoms with van der Waals surface area (Å²) >= 11 is 0. The summed E-state index contributed by atoms with van der Waals surface area (Å²) in [6.45, 7) is 7.69. The maximum Gasteiger partial charge on any atom is 0.325 e. The Morgan fingerprint density at radius 1 is 1.30 bits per heavy atom. The van der Waals surface area contributed by atoms with Gasteiger partial charge in [0.2, 0.25) is 0 Å². The van der Waals surface area contributed by atoms with Crippen LogP contribution in [-0.2, 0) is 4.79 Å². The Morgan fingerprint density at radius 2 is 1.96 bits per heavy atom. The number of halogens is 1. The fraction of sp³-hybridized carbons (Fsp3) is 0.500. The molecule has 0 radical (unpaired) electrons. The van der Waals surface area contributed by atoms with E-state index >= 15 is 0 Å². The van der Waals surface area contributed by atoms with Gasteiger partial charge in [-0.2, -0.15) is 0 Å². The molecule has 1 heterocycles. The fourth-order valence-electron chi connectivity index (χ4n) is 2.55. The summed E-state index contributed by atoms with van der Waals surface area (Å²) in [5.74, 6) is -2.20. The molecule has 0 aliphatic carbocycles. The van der Waals surface area contributed by atoms with Crippen molar-refractivity contribution in [2.24, 2.45) is 0 Å². The number of aliphatic carboxylic acids is 1. The minimum absolute atomic E-state index is 0.117. The third kappa shape index (κ3) is 4.19. The molecule has 1 amide bonds. The maximum atomic E-state index is 14.3. The van der Waals surface area contributed by atoms with Crippen LogP contribution in [0.4, 0.5) is 10.1 Å². The van der Waals surface area contributed by atoms with Gasteiger partial charge < -0.3 is 20.2 Å². The Labute approximate surface area is 134 Å². The molecule has 0 saturated carbocycles. The number of piperazine rings is 1. The van der Waals surface area contributed by atoms with Crippen LogP contribution >= 0.6 is 0 Å². The van der Waals surface area contributed by atoms with Crippen LogP contribution in [0.25, 0.3) is 0 Å². The van der Waals surface area contributed by atoms with E-state index in [2.05, 4.69) is 17.1 Å². The van der Waals surface area contributed by atoms with Crippen molar-refractivity contribution in [2.75, 3.05) is 37.6 Å². The van der Waals surface area contributed by atoms with Gasteiger partial charge in [-0.3, -0.25) is 9.59 Å². The van der Waals surface area contributed by atoms with Crippen molar-refractivity contribution in [1.82, 2.24) is 10.2 Å². The highest BCUT2D eigenvalue weighted by Gasteiger charge is 2.20. The Kier molecular flexibility index (Phi) is 5.54. The maximum absolute atomic E-state index is 14.3. The number of likely N-dealkylation sites (N-methyl/N-ethyl adjacent to an activating group) is 1. The minimum Gasteiger partial charge on any atom is -0.480 e. The zero-order chi connectivity index (χ0) is 17.0. The van der Waals surface area contributed by atoms with Crippen LogP contribution in [0.5, 0.6) is 0 Å². The van der Waals surface area contributed by atoms with Gasteiger partial charge in [0, 0.05) is 31.7 Å². The summed E-state index contributed by atoms with van der Waals surface area (Å²) in [5.41, 5.74) is 0.593. The highest BCUT2D eigenvalue weighted by atomic mass is 19.1. The Hall–Kier alpha value is -2.15. The average Bonchev–Trinajstić information content (AvgIpc) is 2.54. The third-order valence-corrected chi connectivity index (χ3v) is 4.09. The molecule has 23 heavy (non-hydrogen) atoms. The van der Waals surface area contributed by atoms with Gasteiger partial charge in [0.05, 0.1) is 5.69 Å². The normalized spacial score (nSPS) is 16.9. The van der Waals surface area contributed by atoms with Gasteiger partial charge in [-0.25, -0.2) is 4.39 Å². The molecule has 0 aromatic heterocycles. The summed E-state index contributed by atoms with van der Waals surface area (Å²) in [5, 5.41) is 11.1. The number of nitrogens with zero attached hydrogens (tertiary/aromatic N) is 2. The molecule has 7 heteroatoms. The van der Waals surface area contributed by atoms with Crippen LogP contribution in [0.2, 0.25) is 0 Å². The lowest BCUT2D eigenvalue weighted by molar-refractivity contribution is -0.138. The molecule has 126 valence electrons. The summed E-state index contributed by atoms with van der Waals surface area (Å²) < 4.78 is 14.3. The van der Waals surface area contributed by atoms with E-state index in [9.17, 15) is 14.0 Å². The van der Waals surface area contributed by atoms with Gasteiger partial charge in [0.1, 0.15) is 11.9 Å². The van der Waals surface area contributed by atoms with E-state index in [1.165, 1.54) is 13.0 Å². The minimum atomic E-state index is -1.13. The van der Waals surface area contributed by atoms with Crippen molar-refractivity contribution < 1.29 is 19.1 Å². The van der Waals surface area contributed by atoms with E-state index in [0.717, 1.165) is 38.8 Å². The second kappa shape index (κ2) is 7.41. The number of nitrogens with one attached hydrogen (secondary N) is 1. The van der Waals surface area contributed by atoms with E-state index in [4.69, 9.17) is 5.11 Å². The number of hydrogen-bond donors (Lipinski definition) is 2. The van der Waals surface area contributed by atoms with Gasteiger partial charge >= 0.3 is 5.97 Å². The van der Waals surface area contributed by atoms with Crippen LogP contribution < -0.4 is 10.2 Å². The zero-order valence-corrected chi connectivity index (χ0v) is 13.4. The van der Waals surface area contributed by atoms with E-state index < -0.39 is 23.7 Å². The number of amides is 1. The van der Waals surface area contributed by atoms with Crippen molar-refractivity contribution in [1.29, 1.82) is 0 Å². The second-order valence-electron chi connectivity index (χ2n) is 5.62. The molecule has 2 rings (SSSR count). The number of carboxylic acids is 1. The predicted molar refractivity (Wildman–Crippen MR) is 85.3 cm³/mol. The molecule has 0 unspecified atom stereocenters. The lowest BCUT2D eigenvalue weighted by Crippen LogP contribution is -2.46. The standard InChI is InChI=1S/C16H22FN3O3/c1-3-19-6-8-20(9-7-19)14-5-4-12(10-13(14)17)15(21)18-11(2)16(22)23/h4-5,10-11H,3,6-9H2,1-2H3,(H,18,21)(H,22,23)/t11-/m0/s1. The summed E-state index contributed by atoms with van der Waals surface area (Å²) in [7, 11) is 0. The van der Waals surface area contributed by atoms with E-state index in [0.29, 0.717) is 5.69 Å². The topological polar surface area (TPSA) is 72.9 Å². The molecule has 1 atom stereocenters. The van der Waals surface area contributed by atoms with Crippen molar-refractivity contribution in [3.8, 4) is 0 Å². The van der Waals surface area contributed by atoms with Crippen molar-refractivity contribution >= 4 is 17.6 Å². The van der Waals surface area contributed by atoms with Crippen LogP contribution in [0.15, 0.2) is 18.2 Å². The second-order valence-corrected chi connectivity index (χ2v) is 5.62. The number of anilines is 1. The highest BCUT2D eigenvalue weighted by Crippen LogP contribution is 2.22. The third-order valence-electron chi connectivity index (χ3n) is 4.09. The molecule has 6 nitrogen and oxygen atoms in total. The van der Waals surface area contributed by atoms with Gasteiger partial charge in [0.25, 0.3) is 5.91 Å². The molecule has 2 N–H and O–H groups in total. The summed E-state index contributed by atoms with van der Waals surface area (Å²) in [4.78, 5) is 26.9. The lowest BCUT2D eigenvalue weighted by atomic mass is 10.1. The van der Waals surface area contributed by atoms with E-state index in [1.807, 2.05) is 4.90 Å². The molecule has 1 aliphatic rings. The lowest BCUT2D eigenvalue weighted by Gasteiger charge is -2.35. The number of carboxylic acid groups (broad SMARTS) is 1.